The van der Waals surface area contributed by atoms with Crippen LogP contribution in [0.1, 0.15) is 36.0 Å². The molecule has 1 fully saturated rings. The van der Waals surface area contributed by atoms with Gasteiger partial charge in [0.2, 0.25) is 5.91 Å². The lowest BCUT2D eigenvalue weighted by molar-refractivity contribution is -0.132. The molecule has 0 unspecified atom stereocenters. The quantitative estimate of drug-likeness (QED) is 0.652. The van der Waals surface area contributed by atoms with Crippen LogP contribution in [0.5, 0.6) is 5.75 Å². The summed E-state index contributed by atoms with van der Waals surface area (Å²) >= 11 is 0. The van der Waals surface area contributed by atoms with Crippen LogP contribution >= 0.6 is 0 Å². The molecule has 1 amide bonds. The first-order valence-corrected chi connectivity index (χ1v) is 9.43. The summed E-state index contributed by atoms with van der Waals surface area (Å²) in [5.41, 5.74) is 1.18. The predicted octanol–water partition coefficient (Wildman–Crippen LogP) is 2.56. The SMILES string of the molecule is Cc1ccc(OCc2nc(C3CCN(C(=O)Cn4ccnc4)CC3)no2)cc1. The summed E-state index contributed by atoms with van der Waals surface area (Å²) in [7, 11) is 0. The number of nitrogens with zero attached hydrogens (tertiary/aromatic N) is 5. The standard InChI is InChI=1S/C20H23N5O3/c1-15-2-4-17(5-3-15)27-13-18-22-20(23-28-18)16-6-9-25(10-7-16)19(26)12-24-11-8-21-14-24/h2-5,8,11,14,16H,6-7,9-10,12-13H2,1H3. The van der Waals surface area contributed by atoms with Gasteiger partial charge >= 0.3 is 0 Å². The van der Waals surface area contributed by atoms with Crippen molar-refractivity contribution >= 4 is 5.91 Å². The summed E-state index contributed by atoms with van der Waals surface area (Å²) in [5.74, 6) is 2.25. The maximum Gasteiger partial charge on any atom is 0.264 e. The third-order valence-electron chi connectivity index (χ3n) is 4.96. The largest absolute Gasteiger partial charge is 0.484 e. The first-order chi connectivity index (χ1) is 13.7. The molecule has 28 heavy (non-hydrogen) atoms. The molecule has 2 aromatic heterocycles. The molecule has 0 bridgehead atoms. The molecular weight excluding hydrogens is 358 g/mol. The van der Waals surface area contributed by atoms with Gasteiger partial charge in [0.25, 0.3) is 5.89 Å². The number of imidazole rings is 1. The summed E-state index contributed by atoms with van der Waals surface area (Å²) < 4.78 is 12.8. The summed E-state index contributed by atoms with van der Waals surface area (Å²) in [5, 5.41) is 4.12. The van der Waals surface area contributed by atoms with Gasteiger partial charge in [0.1, 0.15) is 12.3 Å². The van der Waals surface area contributed by atoms with Crippen LogP contribution in [-0.2, 0) is 17.9 Å². The zero-order valence-corrected chi connectivity index (χ0v) is 15.8. The lowest BCUT2D eigenvalue weighted by Gasteiger charge is -2.30. The van der Waals surface area contributed by atoms with E-state index in [9.17, 15) is 4.79 Å². The second kappa shape index (κ2) is 8.24. The molecule has 0 atom stereocenters. The number of likely N-dealkylation sites (tertiary alicyclic amines) is 1. The van der Waals surface area contributed by atoms with Crippen molar-refractivity contribution in [2.24, 2.45) is 0 Å². The molecule has 0 N–H and O–H groups in total. The van der Waals surface area contributed by atoms with Crippen molar-refractivity contribution in [3.8, 4) is 5.75 Å². The highest BCUT2D eigenvalue weighted by Gasteiger charge is 2.27. The van der Waals surface area contributed by atoms with E-state index in [1.54, 1.807) is 23.3 Å². The molecule has 8 nitrogen and oxygen atoms in total. The third kappa shape index (κ3) is 4.39. The van der Waals surface area contributed by atoms with Gasteiger partial charge in [0, 0.05) is 31.4 Å². The number of rotatable bonds is 6. The third-order valence-corrected chi connectivity index (χ3v) is 4.96. The van der Waals surface area contributed by atoms with E-state index in [1.165, 1.54) is 5.56 Å². The van der Waals surface area contributed by atoms with Crippen LogP contribution in [0.4, 0.5) is 0 Å². The number of aromatic nitrogens is 4. The van der Waals surface area contributed by atoms with E-state index in [2.05, 4.69) is 15.1 Å². The van der Waals surface area contributed by atoms with Crippen LogP contribution in [-0.4, -0.2) is 43.6 Å². The topological polar surface area (TPSA) is 86.3 Å². The van der Waals surface area contributed by atoms with Crippen LogP contribution in [0.3, 0.4) is 0 Å². The highest BCUT2D eigenvalue weighted by Crippen LogP contribution is 2.26. The number of ether oxygens (including phenoxy) is 1. The molecule has 3 aromatic rings. The first-order valence-electron chi connectivity index (χ1n) is 9.43. The highest BCUT2D eigenvalue weighted by molar-refractivity contribution is 5.76. The number of carbonyl (C=O) groups is 1. The van der Waals surface area contributed by atoms with Gasteiger partial charge in [-0.15, -0.1) is 0 Å². The Kier molecular flexibility index (Phi) is 5.36. The maximum atomic E-state index is 12.4. The second-order valence-corrected chi connectivity index (χ2v) is 7.04. The van der Waals surface area contributed by atoms with Gasteiger partial charge in [-0.25, -0.2) is 4.98 Å². The van der Waals surface area contributed by atoms with E-state index in [1.807, 2.05) is 36.1 Å². The average Bonchev–Trinajstić information content (AvgIpc) is 3.40. The molecular formula is C20H23N5O3. The van der Waals surface area contributed by atoms with Crippen molar-refractivity contribution in [1.29, 1.82) is 0 Å². The van der Waals surface area contributed by atoms with Gasteiger partial charge < -0.3 is 18.7 Å². The zero-order valence-electron chi connectivity index (χ0n) is 15.8. The summed E-state index contributed by atoms with van der Waals surface area (Å²) in [6, 6.07) is 7.83. The molecule has 4 rings (SSSR count). The van der Waals surface area contributed by atoms with Crippen LogP contribution in [0.15, 0.2) is 47.5 Å². The van der Waals surface area contributed by atoms with Gasteiger partial charge in [-0.05, 0) is 31.9 Å². The van der Waals surface area contributed by atoms with Gasteiger partial charge in [0.15, 0.2) is 12.4 Å². The van der Waals surface area contributed by atoms with Gasteiger partial charge in [-0.1, -0.05) is 22.9 Å². The molecule has 0 radical (unpaired) electrons. The molecule has 8 heteroatoms. The van der Waals surface area contributed by atoms with E-state index in [0.717, 1.165) is 18.6 Å². The zero-order chi connectivity index (χ0) is 19.3. The Bertz CT molecular complexity index is 896. The predicted molar refractivity (Wildman–Crippen MR) is 101 cm³/mol. The van der Waals surface area contributed by atoms with E-state index in [4.69, 9.17) is 9.26 Å². The minimum atomic E-state index is 0.108. The van der Waals surface area contributed by atoms with Crippen molar-refractivity contribution in [2.45, 2.75) is 38.8 Å². The summed E-state index contributed by atoms with van der Waals surface area (Å²) in [4.78, 5) is 22.7. The van der Waals surface area contributed by atoms with E-state index >= 15 is 0 Å². The highest BCUT2D eigenvalue weighted by atomic mass is 16.5. The van der Waals surface area contributed by atoms with Gasteiger partial charge in [-0.3, -0.25) is 4.79 Å². The van der Waals surface area contributed by atoms with Crippen molar-refractivity contribution < 1.29 is 14.1 Å². The molecule has 1 aromatic carbocycles. The molecule has 1 aliphatic heterocycles. The number of benzene rings is 1. The number of hydrogen-bond donors (Lipinski definition) is 0. The minimum Gasteiger partial charge on any atom is -0.484 e. The Morgan fingerprint density at radius 1 is 1.25 bits per heavy atom. The maximum absolute atomic E-state index is 12.4. The number of hydrogen-bond acceptors (Lipinski definition) is 6. The molecule has 0 aliphatic carbocycles. The van der Waals surface area contributed by atoms with Crippen LogP contribution in [0.2, 0.25) is 0 Å². The molecule has 0 saturated carbocycles. The van der Waals surface area contributed by atoms with Crippen LogP contribution in [0.25, 0.3) is 0 Å². The Labute approximate surface area is 163 Å². The summed E-state index contributed by atoms with van der Waals surface area (Å²) in [6.07, 6.45) is 6.78. The fourth-order valence-corrected chi connectivity index (χ4v) is 3.30. The van der Waals surface area contributed by atoms with Crippen LogP contribution in [0, 0.1) is 6.92 Å². The number of carbonyl (C=O) groups excluding carboxylic acids is 1. The smallest absolute Gasteiger partial charge is 0.264 e. The fraction of sp³-hybridized carbons (Fsp3) is 0.400. The Hall–Kier alpha value is -3.16. The minimum absolute atomic E-state index is 0.108. The second-order valence-electron chi connectivity index (χ2n) is 7.04. The molecule has 1 aliphatic rings. The molecule has 1 saturated heterocycles. The number of piperidine rings is 1. The average molecular weight is 381 g/mol. The monoisotopic (exact) mass is 381 g/mol. The summed E-state index contributed by atoms with van der Waals surface area (Å²) in [6.45, 7) is 4.00. The van der Waals surface area contributed by atoms with Crippen molar-refractivity contribution in [1.82, 2.24) is 24.6 Å². The van der Waals surface area contributed by atoms with E-state index < -0.39 is 0 Å². The van der Waals surface area contributed by atoms with E-state index in [-0.39, 0.29) is 18.4 Å². The lowest BCUT2D eigenvalue weighted by atomic mass is 9.96. The lowest BCUT2D eigenvalue weighted by Crippen LogP contribution is -2.39. The first kappa shape index (κ1) is 18.2. The molecule has 146 valence electrons. The Morgan fingerprint density at radius 3 is 2.75 bits per heavy atom. The van der Waals surface area contributed by atoms with Crippen molar-refractivity contribution in [2.75, 3.05) is 13.1 Å². The normalized spacial score (nSPS) is 15.0. The van der Waals surface area contributed by atoms with Crippen LogP contribution < -0.4 is 4.74 Å². The van der Waals surface area contributed by atoms with Gasteiger partial charge in [0.05, 0.1) is 6.33 Å². The van der Waals surface area contributed by atoms with E-state index in [0.29, 0.717) is 31.3 Å². The fourth-order valence-electron chi connectivity index (χ4n) is 3.30. The Morgan fingerprint density at radius 2 is 2.04 bits per heavy atom. The number of amides is 1. The van der Waals surface area contributed by atoms with Crippen molar-refractivity contribution in [3.05, 3.63) is 60.3 Å². The Balaban J connectivity index is 1.27. The molecule has 3 heterocycles. The molecule has 0 spiro atoms. The number of aryl methyl sites for hydroxylation is 1. The van der Waals surface area contributed by atoms with Crippen molar-refractivity contribution in [3.63, 3.8) is 0 Å². The van der Waals surface area contributed by atoms with Gasteiger partial charge in [-0.2, -0.15) is 4.98 Å².